The maximum atomic E-state index is 17.0. The quantitative estimate of drug-likeness (QED) is 0.162. The fourth-order valence-electron chi connectivity index (χ4n) is 7.91. The van der Waals surface area contributed by atoms with Gasteiger partial charge < -0.3 is 20.3 Å². The molecule has 0 aliphatic carbocycles. The average molecular weight is 696 g/mol. The third-order valence-electron chi connectivity index (χ3n) is 10.2. The minimum atomic E-state index is -0.959. The molecule has 0 bridgehead atoms. The second-order valence-corrected chi connectivity index (χ2v) is 14.3. The van der Waals surface area contributed by atoms with Crippen molar-refractivity contribution in [3.63, 3.8) is 0 Å². The lowest BCUT2D eigenvalue weighted by Gasteiger charge is -2.33. The van der Waals surface area contributed by atoms with Crippen molar-refractivity contribution >= 4 is 66.3 Å². The average Bonchev–Trinajstić information content (AvgIpc) is 3.81. The van der Waals surface area contributed by atoms with Crippen molar-refractivity contribution in [1.29, 1.82) is 0 Å². The fourth-order valence-corrected chi connectivity index (χ4v) is 9.14. The van der Waals surface area contributed by atoms with Crippen LogP contribution in [0.25, 0.3) is 37.0 Å². The van der Waals surface area contributed by atoms with Crippen LogP contribution in [0, 0.1) is 18.2 Å². The molecule has 48 heavy (non-hydrogen) atoms. The van der Waals surface area contributed by atoms with Crippen LogP contribution >= 0.6 is 22.9 Å². The van der Waals surface area contributed by atoms with Crippen LogP contribution in [-0.4, -0.2) is 82.8 Å². The minimum absolute atomic E-state index is 0.00360. The van der Waals surface area contributed by atoms with Crippen LogP contribution in [0.3, 0.4) is 0 Å². The highest BCUT2D eigenvalue weighted by atomic mass is 35.5. The van der Waals surface area contributed by atoms with E-state index in [2.05, 4.69) is 21.3 Å². The van der Waals surface area contributed by atoms with Crippen molar-refractivity contribution in [2.45, 2.75) is 56.4 Å². The number of nitrogens with two attached hydrogens (primary N) is 1. The first-order valence-electron chi connectivity index (χ1n) is 15.7. The lowest BCUT2D eigenvalue weighted by atomic mass is 9.95. The van der Waals surface area contributed by atoms with Gasteiger partial charge in [0.05, 0.1) is 32.9 Å². The normalized spacial score (nSPS) is 23.9. The molecule has 3 aliphatic heterocycles. The number of alkyl halides is 1. The minimum Gasteiger partial charge on any atom is -0.461 e. The molecule has 0 radical (unpaired) electrons. The first-order chi connectivity index (χ1) is 23.0. The number of likely N-dealkylation sites (N-methyl/N-ethyl adjacent to an activating group) is 1. The molecule has 0 spiro atoms. The maximum Gasteiger partial charge on any atom is 0.319 e. The first kappa shape index (κ1) is 32.4. The van der Waals surface area contributed by atoms with Crippen LogP contribution in [0.5, 0.6) is 6.01 Å². The highest BCUT2D eigenvalue weighted by Gasteiger charge is 2.49. The molecule has 3 saturated heterocycles. The molecule has 0 unspecified atom stereocenters. The van der Waals surface area contributed by atoms with E-state index < -0.39 is 23.3 Å². The molecular formula is C34H33ClF3N7O2S. The Morgan fingerprint density at radius 2 is 2.15 bits per heavy atom. The summed E-state index contributed by atoms with van der Waals surface area (Å²) in [5, 5.41) is 0.590. The molecule has 2 aromatic heterocycles. The summed E-state index contributed by atoms with van der Waals surface area (Å²) in [6.07, 6.45) is 2.97. The molecule has 2 N–H and O–H groups in total. The molecule has 3 fully saturated rings. The van der Waals surface area contributed by atoms with E-state index in [0.717, 1.165) is 30.7 Å². The van der Waals surface area contributed by atoms with Gasteiger partial charge in [0.15, 0.2) is 5.82 Å². The van der Waals surface area contributed by atoms with Gasteiger partial charge in [-0.2, -0.15) is 9.97 Å². The van der Waals surface area contributed by atoms with Crippen LogP contribution in [0.4, 0.5) is 29.7 Å². The summed E-state index contributed by atoms with van der Waals surface area (Å²) in [4.78, 5) is 31.1. The Kier molecular flexibility index (Phi) is 8.17. The number of rotatable bonds is 7. The highest BCUT2D eigenvalue weighted by molar-refractivity contribution is 7.23. The Balaban J connectivity index is 1.38. The van der Waals surface area contributed by atoms with Crippen molar-refractivity contribution in [1.82, 2.24) is 19.8 Å². The Labute approximate surface area is 284 Å². The van der Waals surface area contributed by atoms with Crippen molar-refractivity contribution in [2.24, 2.45) is 0 Å². The van der Waals surface area contributed by atoms with E-state index in [4.69, 9.17) is 33.6 Å². The lowest BCUT2D eigenvalue weighted by Crippen LogP contribution is -2.44. The number of thiophene rings is 1. The summed E-state index contributed by atoms with van der Waals surface area (Å²) in [7, 11) is 1.82. The van der Waals surface area contributed by atoms with E-state index in [0.29, 0.717) is 37.1 Å². The number of likely N-dealkylation sites (tertiary alicyclic amines) is 1. The Morgan fingerprint density at radius 3 is 2.90 bits per heavy atom. The van der Waals surface area contributed by atoms with Gasteiger partial charge in [-0.15, -0.1) is 11.3 Å². The number of aromatic nitrogens is 2. The maximum absolute atomic E-state index is 17.0. The van der Waals surface area contributed by atoms with E-state index in [-0.39, 0.29) is 73.0 Å². The number of carbonyl (C=O) groups excluding carboxylic acids is 1. The van der Waals surface area contributed by atoms with Gasteiger partial charge in [0.25, 0.3) is 0 Å². The van der Waals surface area contributed by atoms with E-state index in [9.17, 15) is 13.6 Å². The fraction of sp³-hybridized carbons (Fsp3) is 0.412. The summed E-state index contributed by atoms with van der Waals surface area (Å²) in [5.41, 5.74) is 5.64. The number of nitrogens with zero attached hydrogens (tertiary/aromatic N) is 6. The predicted octanol–water partition coefficient (Wildman–Crippen LogP) is 7.14. The molecule has 7 rings (SSSR count). The van der Waals surface area contributed by atoms with Gasteiger partial charge in [-0.3, -0.25) is 9.69 Å². The highest BCUT2D eigenvalue weighted by Crippen LogP contribution is 2.49. The number of anilines is 2. The van der Waals surface area contributed by atoms with Gasteiger partial charge in [0, 0.05) is 48.9 Å². The molecule has 2 aromatic carbocycles. The second kappa shape index (κ2) is 12.1. The molecule has 1 amide bonds. The van der Waals surface area contributed by atoms with Gasteiger partial charge in [0.1, 0.15) is 29.9 Å². The molecule has 4 atom stereocenters. The van der Waals surface area contributed by atoms with Crippen LogP contribution in [0.15, 0.2) is 30.9 Å². The second-order valence-electron chi connectivity index (χ2n) is 12.8. The van der Waals surface area contributed by atoms with Crippen molar-refractivity contribution < 1.29 is 22.7 Å². The third kappa shape index (κ3) is 5.04. The lowest BCUT2D eigenvalue weighted by molar-refractivity contribution is -0.126. The summed E-state index contributed by atoms with van der Waals surface area (Å²) < 4.78 is 52.8. The van der Waals surface area contributed by atoms with E-state index in [1.807, 2.05) is 18.9 Å². The molecular weight excluding hydrogens is 663 g/mol. The van der Waals surface area contributed by atoms with Crippen LogP contribution < -0.4 is 15.4 Å². The third-order valence-corrected chi connectivity index (χ3v) is 11.6. The van der Waals surface area contributed by atoms with Gasteiger partial charge in [-0.25, -0.2) is 18.0 Å². The van der Waals surface area contributed by atoms with E-state index in [1.54, 1.807) is 11.0 Å². The van der Waals surface area contributed by atoms with Gasteiger partial charge in [-0.05, 0) is 56.5 Å². The molecule has 9 nitrogen and oxygen atoms in total. The van der Waals surface area contributed by atoms with E-state index >= 15 is 4.39 Å². The van der Waals surface area contributed by atoms with Crippen LogP contribution in [0.1, 0.15) is 32.6 Å². The number of carbonyl (C=O) groups is 1. The van der Waals surface area contributed by atoms with Crippen molar-refractivity contribution in [3.8, 4) is 17.1 Å². The number of hydrogen-bond donors (Lipinski definition) is 1. The Hall–Kier alpha value is -4.12. The van der Waals surface area contributed by atoms with Crippen molar-refractivity contribution in [2.75, 3.05) is 43.9 Å². The SMILES string of the molecule is [C-]#[N+]c1c(N)sc2c(F)ccc(-c3c(Cl)cc4c(N(C)[C@@H]5CCN(C(=O)C=C)[C@@H]5C)nc(OC[C@@]56CCCN5C[C@H](F)C6)nc4c3F)c12. The summed E-state index contributed by atoms with van der Waals surface area (Å²) in [6.45, 7) is 15.0. The molecule has 4 aromatic rings. The van der Waals surface area contributed by atoms with Crippen LogP contribution in [-0.2, 0) is 4.79 Å². The molecule has 3 aliphatic rings. The largest absolute Gasteiger partial charge is 0.461 e. The molecule has 250 valence electrons. The topological polar surface area (TPSA) is 92.2 Å². The number of ether oxygens (including phenoxy) is 1. The zero-order valence-corrected chi connectivity index (χ0v) is 28.0. The smallest absolute Gasteiger partial charge is 0.319 e. The molecule has 5 heterocycles. The van der Waals surface area contributed by atoms with Gasteiger partial charge >= 0.3 is 6.01 Å². The standard InChI is InChI=1S/C34H33ClF3N7O2S/c1-5-24(46)45-12-9-23(17(45)2)43(4)32-20-13-21(35)25(19-7-8-22(37)30-26(19)29(40-3)31(39)48-30)27(38)28(20)41-33(42-32)47-16-34-10-6-11-44(34)15-18(36)14-34/h5,7-8,13,17-18,23H,1,6,9-12,14-16,39H2,2,4H3/t17-,18-,23-,34+/m1/s1. The van der Waals surface area contributed by atoms with Gasteiger partial charge in [-0.1, -0.05) is 24.2 Å². The summed E-state index contributed by atoms with van der Waals surface area (Å²) >= 11 is 7.76. The number of amides is 1. The molecule has 0 saturated carbocycles. The number of halogens is 4. The predicted molar refractivity (Wildman–Crippen MR) is 183 cm³/mol. The number of fused-ring (bicyclic) bond motifs is 3. The summed E-state index contributed by atoms with van der Waals surface area (Å²) in [5.74, 6) is -1.23. The van der Waals surface area contributed by atoms with Gasteiger partial charge in [0.2, 0.25) is 11.6 Å². The first-order valence-corrected chi connectivity index (χ1v) is 16.9. The number of benzene rings is 2. The van der Waals surface area contributed by atoms with E-state index in [1.165, 1.54) is 18.2 Å². The Bertz CT molecular complexity index is 2040. The Morgan fingerprint density at radius 1 is 1.35 bits per heavy atom. The number of hydrogen-bond acceptors (Lipinski definition) is 8. The zero-order chi connectivity index (χ0) is 34.1. The van der Waals surface area contributed by atoms with Crippen molar-refractivity contribution in [3.05, 3.63) is 58.9 Å². The zero-order valence-electron chi connectivity index (χ0n) is 26.4. The van der Waals surface area contributed by atoms with Crippen LogP contribution in [0.2, 0.25) is 5.02 Å². The monoisotopic (exact) mass is 695 g/mol. The summed E-state index contributed by atoms with van der Waals surface area (Å²) in [6, 6.07) is 3.63. The molecule has 14 heteroatoms. The number of nitrogen functional groups attached to an aromatic ring is 1.